The molecule has 2 heterocycles. The average molecular weight is 254 g/mol. The van der Waals surface area contributed by atoms with E-state index in [0.717, 1.165) is 0 Å². The van der Waals surface area contributed by atoms with Gasteiger partial charge in [0, 0.05) is 6.20 Å². The molecule has 1 aromatic rings. The molecule has 1 aliphatic heterocycles. The molecular formula is C11H14N2O3S. The summed E-state index contributed by atoms with van der Waals surface area (Å²) in [5, 5.41) is 2.75. The van der Waals surface area contributed by atoms with Crippen LogP contribution in [0.4, 0.5) is 0 Å². The maximum absolute atomic E-state index is 11.8. The van der Waals surface area contributed by atoms with Crippen LogP contribution in [0.25, 0.3) is 0 Å². The van der Waals surface area contributed by atoms with E-state index in [-0.39, 0.29) is 17.4 Å². The Hall–Kier alpha value is -1.43. The van der Waals surface area contributed by atoms with Crippen LogP contribution >= 0.6 is 0 Å². The zero-order valence-corrected chi connectivity index (χ0v) is 10.3. The minimum absolute atomic E-state index is 0.00142. The summed E-state index contributed by atoms with van der Waals surface area (Å²) in [6, 6.07) is 5.04. The number of carbonyl (C=O) groups excluding carboxylic acids is 1. The number of amides is 1. The van der Waals surface area contributed by atoms with Crippen LogP contribution in [0.15, 0.2) is 24.4 Å². The molecule has 0 spiro atoms. The first kappa shape index (κ1) is 12.0. The van der Waals surface area contributed by atoms with Crippen molar-refractivity contribution in [3.05, 3.63) is 30.1 Å². The van der Waals surface area contributed by atoms with Crippen LogP contribution in [-0.4, -0.2) is 36.4 Å². The summed E-state index contributed by atoms with van der Waals surface area (Å²) in [6.07, 6.45) is 1.98. The van der Waals surface area contributed by atoms with Crippen molar-refractivity contribution in [3.8, 4) is 0 Å². The van der Waals surface area contributed by atoms with Gasteiger partial charge in [-0.2, -0.15) is 0 Å². The van der Waals surface area contributed by atoms with Crippen LogP contribution in [0.5, 0.6) is 0 Å². The first-order chi connectivity index (χ1) is 7.90. The van der Waals surface area contributed by atoms with Gasteiger partial charge in [0.25, 0.3) is 5.91 Å². The molecule has 6 heteroatoms. The molecule has 0 radical (unpaired) electrons. The van der Waals surface area contributed by atoms with E-state index in [2.05, 4.69) is 10.3 Å². The third kappa shape index (κ3) is 2.82. The van der Waals surface area contributed by atoms with Crippen LogP contribution in [-0.2, 0) is 9.84 Å². The van der Waals surface area contributed by atoms with Crippen molar-refractivity contribution in [2.24, 2.45) is 0 Å². The Morgan fingerprint density at radius 2 is 2.24 bits per heavy atom. The van der Waals surface area contributed by atoms with Crippen LogP contribution in [0.2, 0.25) is 0 Å². The van der Waals surface area contributed by atoms with Crippen molar-refractivity contribution in [1.82, 2.24) is 10.3 Å². The summed E-state index contributed by atoms with van der Waals surface area (Å²) in [7, 11) is -3.02. The molecule has 1 atom stereocenters. The number of sulfone groups is 1. The summed E-state index contributed by atoms with van der Waals surface area (Å²) >= 11 is 0. The minimum Gasteiger partial charge on any atom is -0.344 e. The maximum Gasteiger partial charge on any atom is 0.270 e. The highest BCUT2D eigenvalue weighted by Crippen LogP contribution is 2.23. The lowest BCUT2D eigenvalue weighted by atomic mass is 10.0. The van der Waals surface area contributed by atoms with Gasteiger partial charge in [0.2, 0.25) is 0 Å². The third-order valence-electron chi connectivity index (χ3n) is 2.82. The van der Waals surface area contributed by atoms with E-state index in [9.17, 15) is 13.2 Å². The van der Waals surface area contributed by atoms with Gasteiger partial charge in [0.05, 0.1) is 17.0 Å². The Morgan fingerprint density at radius 1 is 1.47 bits per heavy atom. The lowest BCUT2D eigenvalue weighted by molar-refractivity contribution is 0.0910. The summed E-state index contributed by atoms with van der Waals surface area (Å²) in [6.45, 7) is 1.75. The fourth-order valence-electron chi connectivity index (χ4n) is 1.94. The molecule has 0 aliphatic carbocycles. The Labute approximate surface area is 100 Å². The smallest absolute Gasteiger partial charge is 0.270 e. The number of nitrogens with one attached hydrogen (secondary N) is 1. The van der Waals surface area contributed by atoms with E-state index in [1.807, 2.05) is 0 Å². The molecule has 0 bridgehead atoms. The SMILES string of the molecule is CC1(NC(=O)c2ccccn2)CCS(=O)(=O)C1. The molecular weight excluding hydrogens is 240 g/mol. The van der Waals surface area contributed by atoms with Gasteiger partial charge in [-0.15, -0.1) is 0 Å². The van der Waals surface area contributed by atoms with Gasteiger partial charge < -0.3 is 5.32 Å². The molecule has 1 saturated heterocycles. The molecule has 1 N–H and O–H groups in total. The molecule has 5 nitrogen and oxygen atoms in total. The van der Waals surface area contributed by atoms with E-state index in [4.69, 9.17) is 0 Å². The van der Waals surface area contributed by atoms with Gasteiger partial charge in [-0.1, -0.05) is 6.07 Å². The standard InChI is InChI=1S/C11H14N2O3S/c1-11(5-7-17(15,16)8-11)13-10(14)9-4-2-3-6-12-9/h2-4,6H,5,7-8H2,1H3,(H,13,14). The maximum atomic E-state index is 11.8. The van der Waals surface area contributed by atoms with Gasteiger partial charge in [-0.25, -0.2) is 8.42 Å². The number of rotatable bonds is 2. The molecule has 0 aromatic carbocycles. The number of carbonyl (C=O) groups is 1. The molecule has 0 saturated carbocycles. The second-order valence-electron chi connectivity index (χ2n) is 4.57. The second-order valence-corrected chi connectivity index (χ2v) is 6.76. The van der Waals surface area contributed by atoms with Crippen molar-refractivity contribution in [3.63, 3.8) is 0 Å². The highest BCUT2D eigenvalue weighted by molar-refractivity contribution is 7.91. The lowest BCUT2D eigenvalue weighted by Gasteiger charge is -2.23. The zero-order chi connectivity index (χ0) is 12.5. The molecule has 1 amide bonds. The number of aromatic nitrogens is 1. The predicted molar refractivity (Wildman–Crippen MR) is 63.4 cm³/mol. The van der Waals surface area contributed by atoms with E-state index in [0.29, 0.717) is 12.1 Å². The monoisotopic (exact) mass is 254 g/mol. The number of hydrogen-bond acceptors (Lipinski definition) is 4. The van der Waals surface area contributed by atoms with Gasteiger partial charge in [0.1, 0.15) is 5.69 Å². The largest absolute Gasteiger partial charge is 0.344 e. The Morgan fingerprint density at radius 3 is 2.76 bits per heavy atom. The Balaban J connectivity index is 2.10. The van der Waals surface area contributed by atoms with Gasteiger partial charge in [-0.3, -0.25) is 9.78 Å². The third-order valence-corrected chi connectivity index (χ3v) is 4.72. The average Bonchev–Trinajstić information content (AvgIpc) is 2.54. The first-order valence-corrected chi connectivity index (χ1v) is 7.16. The molecule has 92 valence electrons. The normalized spacial score (nSPS) is 26.6. The number of pyridine rings is 1. The van der Waals surface area contributed by atoms with Crippen LogP contribution in [0.1, 0.15) is 23.8 Å². The van der Waals surface area contributed by atoms with Crippen LogP contribution < -0.4 is 5.32 Å². The zero-order valence-electron chi connectivity index (χ0n) is 9.51. The fraction of sp³-hybridized carbons (Fsp3) is 0.455. The van der Waals surface area contributed by atoms with Crippen LogP contribution in [0.3, 0.4) is 0 Å². The quantitative estimate of drug-likeness (QED) is 0.828. The Bertz CT molecular complexity index is 527. The lowest BCUT2D eigenvalue weighted by Crippen LogP contribution is -2.47. The van der Waals surface area contributed by atoms with E-state index in [1.165, 1.54) is 6.20 Å². The first-order valence-electron chi connectivity index (χ1n) is 5.34. The van der Waals surface area contributed by atoms with Gasteiger partial charge in [0.15, 0.2) is 9.84 Å². The summed E-state index contributed by atoms with van der Waals surface area (Å²) in [4.78, 5) is 15.8. The predicted octanol–water partition coefficient (Wildman–Crippen LogP) is 0.389. The molecule has 17 heavy (non-hydrogen) atoms. The molecule has 1 unspecified atom stereocenters. The van der Waals surface area contributed by atoms with Crippen molar-refractivity contribution < 1.29 is 13.2 Å². The Kier molecular flexibility index (Phi) is 2.91. The fourth-order valence-corrected chi connectivity index (χ4v) is 4.04. The van der Waals surface area contributed by atoms with Crippen molar-refractivity contribution in [2.75, 3.05) is 11.5 Å². The summed E-state index contributed by atoms with van der Waals surface area (Å²) in [5.41, 5.74) is -0.369. The summed E-state index contributed by atoms with van der Waals surface area (Å²) in [5.74, 6) is -0.199. The van der Waals surface area contributed by atoms with Gasteiger partial charge >= 0.3 is 0 Å². The van der Waals surface area contributed by atoms with Gasteiger partial charge in [-0.05, 0) is 25.5 Å². The van der Waals surface area contributed by atoms with Crippen molar-refractivity contribution in [2.45, 2.75) is 18.9 Å². The highest BCUT2D eigenvalue weighted by Gasteiger charge is 2.39. The molecule has 1 aliphatic rings. The molecule has 1 fully saturated rings. The number of hydrogen-bond donors (Lipinski definition) is 1. The minimum atomic E-state index is -3.02. The molecule has 2 rings (SSSR count). The highest BCUT2D eigenvalue weighted by atomic mass is 32.2. The van der Waals surface area contributed by atoms with Crippen molar-refractivity contribution >= 4 is 15.7 Å². The number of nitrogens with zero attached hydrogens (tertiary/aromatic N) is 1. The van der Waals surface area contributed by atoms with E-state index in [1.54, 1.807) is 25.1 Å². The van der Waals surface area contributed by atoms with Crippen molar-refractivity contribution in [1.29, 1.82) is 0 Å². The summed E-state index contributed by atoms with van der Waals surface area (Å²) < 4.78 is 22.8. The second kappa shape index (κ2) is 4.10. The van der Waals surface area contributed by atoms with Crippen LogP contribution in [0, 0.1) is 0 Å². The molecule has 1 aromatic heterocycles. The van der Waals surface area contributed by atoms with E-state index >= 15 is 0 Å². The van der Waals surface area contributed by atoms with E-state index < -0.39 is 15.4 Å². The topological polar surface area (TPSA) is 76.1 Å².